The molecule has 0 aromatic carbocycles. The molecule has 6 nitrogen and oxygen atoms in total. The van der Waals surface area contributed by atoms with Crippen molar-refractivity contribution in [2.45, 2.75) is 58.4 Å². The molecule has 1 N–H and O–H groups in total. The summed E-state index contributed by atoms with van der Waals surface area (Å²) >= 11 is 0. The van der Waals surface area contributed by atoms with Gasteiger partial charge >= 0.3 is 0 Å². The van der Waals surface area contributed by atoms with E-state index in [1.807, 2.05) is 13.8 Å². The Bertz CT molecular complexity index is 627. The molecule has 1 atom stereocenters. The average molecular weight is 330 g/mol. The Hall–Kier alpha value is -1.98. The van der Waals surface area contributed by atoms with Crippen molar-refractivity contribution >= 4 is 11.8 Å². The lowest BCUT2D eigenvalue weighted by Gasteiger charge is -2.40. The largest absolute Gasteiger partial charge is 0.353 e. The second kappa shape index (κ2) is 6.87. The molecule has 130 valence electrons. The standard InChI is InChI=1S/C18H26N4O2/c1-13-15(10-19-12-20-13)16(23)22-9-5-8-18(2,11-22)17(24)21-14-6-3-4-7-14/h10,12,14H,3-9,11H2,1-2H3,(H,21,24)/t18-/m1/s1. The topological polar surface area (TPSA) is 75.2 Å². The highest BCUT2D eigenvalue weighted by Crippen LogP contribution is 2.31. The van der Waals surface area contributed by atoms with Crippen molar-refractivity contribution in [3.63, 3.8) is 0 Å². The number of hydrogen-bond donors (Lipinski definition) is 1. The summed E-state index contributed by atoms with van der Waals surface area (Å²) in [5.41, 5.74) is 0.690. The average Bonchev–Trinajstić information content (AvgIpc) is 3.08. The van der Waals surface area contributed by atoms with Crippen LogP contribution >= 0.6 is 0 Å². The van der Waals surface area contributed by atoms with Crippen molar-refractivity contribution in [2.24, 2.45) is 5.41 Å². The number of hydrogen-bond acceptors (Lipinski definition) is 4. The minimum atomic E-state index is -0.514. The minimum Gasteiger partial charge on any atom is -0.353 e. The summed E-state index contributed by atoms with van der Waals surface area (Å²) in [6, 6.07) is 0.310. The molecule has 2 fully saturated rings. The van der Waals surface area contributed by atoms with Gasteiger partial charge in [-0.25, -0.2) is 9.97 Å². The highest BCUT2D eigenvalue weighted by Gasteiger charge is 2.40. The van der Waals surface area contributed by atoms with Gasteiger partial charge in [0.1, 0.15) is 6.33 Å². The third-order valence-corrected chi connectivity index (χ3v) is 5.36. The van der Waals surface area contributed by atoms with Crippen LogP contribution in [0.4, 0.5) is 0 Å². The van der Waals surface area contributed by atoms with Crippen molar-refractivity contribution in [3.8, 4) is 0 Å². The number of aromatic nitrogens is 2. The Morgan fingerprint density at radius 3 is 2.75 bits per heavy atom. The van der Waals surface area contributed by atoms with E-state index in [2.05, 4.69) is 15.3 Å². The van der Waals surface area contributed by atoms with Crippen LogP contribution in [0.3, 0.4) is 0 Å². The van der Waals surface area contributed by atoms with E-state index in [0.29, 0.717) is 30.4 Å². The summed E-state index contributed by atoms with van der Waals surface area (Å²) < 4.78 is 0. The van der Waals surface area contributed by atoms with Crippen LogP contribution < -0.4 is 5.32 Å². The number of carbonyl (C=O) groups is 2. The summed E-state index contributed by atoms with van der Waals surface area (Å²) in [5, 5.41) is 3.20. The summed E-state index contributed by atoms with van der Waals surface area (Å²) in [7, 11) is 0. The quantitative estimate of drug-likeness (QED) is 0.921. The van der Waals surface area contributed by atoms with Gasteiger partial charge in [-0.1, -0.05) is 12.8 Å². The molecule has 1 aromatic heterocycles. The molecular formula is C18H26N4O2. The second-order valence-corrected chi connectivity index (χ2v) is 7.37. The molecule has 0 unspecified atom stereocenters. The maximum absolute atomic E-state index is 12.8. The van der Waals surface area contributed by atoms with Crippen molar-refractivity contribution in [3.05, 3.63) is 23.8 Å². The van der Waals surface area contributed by atoms with Gasteiger partial charge in [0.2, 0.25) is 5.91 Å². The van der Waals surface area contributed by atoms with Crippen LogP contribution in [-0.4, -0.2) is 45.8 Å². The van der Waals surface area contributed by atoms with Gasteiger partial charge in [0.05, 0.1) is 16.7 Å². The van der Waals surface area contributed by atoms with Gasteiger partial charge in [0.15, 0.2) is 0 Å². The van der Waals surface area contributed by atoms with E-state index >= 15 is 0 Å². The summed E-state index contributed by atoms with van der Waals surface area (Å²) in [4.78, 5) is 35.4. The highest BCUT2D eigenvalue weighted by atomic mass is 16.2. The summed E-state index contributed by atoms with van der Waals surface area (Å²) in [6.45, 7) is 4.92. The first-order valence-electron chi connectivity index (χ1n) is 8.86. The van der Waals surface area contributed by atoms with Gasteiger partial charge in [-0.2, -0.15) is 0 Å². The minimum absolute atomic E-state index is 0.0762. The van der Waals surface area contributed by atoms with E-state index < -0.39 is 5.41 Å². The molecule has 2 heterocycles. The molecule has 2 amide bonds. The Balaban J connectivity index is 1.69. The van der Waals surface area contributed by atoms with E-state index in [1.54, 1.807) is 11.1 Å². The number of amides is 2. The fraction of sp³-hybridized carbons (Fsp3) is 0.667. The second-order valence-electron chi connectivity index (χ2n) is 7.37. The van der Waals surface area contributed by atoms with Crippen LogP contribution in [-0.2, 0) is 4.79 Å². The molecule has 1 aliphatic heterocycles. The molecular weight excluding hydrogens is 304 g/mol. The number of nitrogens with one attached hydrogen (secondary N) is 1. The molecule has 3 rings (SSSR count). The molecule has 0 spiro atoms. The molecule has 1 aromatic rings. The zero-order valence-electron chi connectivity index (χ0n) is 14.5. The maximum atomic E-state index is 12.8. The first-order valence-corrected chi connectivity index (χ1v) is 8.86. The number of nitrogens with zero attached hydrogens (tertiary/aromatic N) is 3. The smallest absolute Gasteiger partial charge is 0.257 e. The SMILES string of the molecule is Cc1ncncc1C(=O)N1CCC[C@@](C)(C(=O)NC2CCCC2)C1. The predicted octanol–water partition coefficient (Wildman–Crippen LogP) is 2.09. The lowest BCUT2D eigenvalue weighted by Crippen LogP contribution is -2.53. The van der Waals surface area contributed by atoms with Gasteiger partial charge in [-0.3, -0.25) is 9.59 Å². The zero-order valence-corrected chi connectivity index (χ0v) is 14.5. The Labute approximate surface area is 143 Å². The van der Waals surface area contributed by atoms with Crippen LogP contribution in [0, 0.1) is 12.3 Å². The molecule has 1 saturated heterocycles. The molecule has 0 radical (unpaired) electrons. The molecule has 1 aliphatic carbocycles. The number of likely N-dealkylation sites (tertiary alicyclic amines) is 1. The van der Waals surface area contributed by atoms with E-state index in [9.17, 15) is 9.59 Å². The molecule has 24 heavy (non-hydrogen) atoms. The van der Waals surface area contributed by atoms with Gasteiger partial charge < -0.3 is 10.2 Å². The van der Waals surface area contributed by atoms with Gasteiger partial charge in [0, 0.05) is 25.3 Å². The number of piperidine rings is 1. The molecule has 1 saturated carbocycles. The monoisotopic (exact) mass is 330 g/mol. The zero-order chi connectivity index (χ0) is 17.2. The first-order chi connectivity index (χ1) is 11.5. The summed E-state index contributed by atoms with van der Waals surface area (Å²) in [5.74, 6) is 0.0145. The number of aryl methyl sites for hydroxylation is 1. The van der Waals surface area contributed by atoms with Crippen molar-refractivity contribution < 1.29 is 9.59 Å². The predicted molar refractivity (Wildman–Crippen MR) is 90.4 cm³/mol. The van der Waals surface area contributed by atoms with Crippen LogP contribution in [0.25, 0.3) is 0 Å². The van der Waals surface area contributed by atoms with Crippen LogP contribution in [0.2, 0.25) is 0 Å². The van der Waals surface area contributed by atoms with Crippen molar-refractivity contribution in [2.75, 3.05) is 13.1 Å². The van der Waals surface area contributed by atoms with E-state index in [0.717, 1.165) is 25.7 Å². The van der Waals surface area contributed by atoms with E-state index in [-0.39, 0.29) is 11.8 Å². The fourth-order valence-corrected chi connectivity index (χ4v) is 3.80. The van der Waals surface area contributed by atoms with Crippen molar-refractivity contribution in [1.29, 1.82) is 0 Å². The molecule has 2 aliphatic rings. The third-order valence-electron chi connectivity index (χ3n) is 5.36. The highest BCUT2D eigenvalue weighted by molar-refractivity contribution is 5.95. The van der Waals surface area contributed by atoms with Crippen LogP contribution in [0.1, 0.15) is 61.5 Å². The van der Waals surface area contributed by atoms with Crippen molar-refractivity contribution in [1.82, 2.24) is 20.2 Å². The maximum Gasteiger partial charge on any atom is 0.257 e. The lowest BCUT2D eigenvalue weighted by atomic mass is 9.80. The van der Waals surface area contributed by atoms with E-state index in [4.69, 9.17) is 0 Å². The molecule has 6 heteroatoms. The Kier molecular flexibility index (Phi) is 4.83. The van der Waals surface area contributed by atoms with Crippen LogP contribution in [0.15, 0.2) is 12.5 Å². The van der Waals surface area contributed by atoms with Crippen LogP contribution in [0.5, 0.6) is 0 Å². The van der Waals surface area contributed by atoms with Gasteiger partial charge in [-0.05, 0) is 39.5 Å². The lowest BCUT2D eigenvalue weighted by molar-refractivity contribution is -0.133. The first kappa shape index (κ1) is 16.9. The molecule has 0 bridgehead atoms. The Morgan fingerprint density at radius 1 is 1.29 bits per heavy atom. The fourth-order valence-electron chi connectivity index (χ4n) is 3.80. The summed E-state index contributed by atoms with van der Waals surface area (Å²) in [6.07, 6.45) is 9.21. The van der Waals surface area contributed by atoms with Gasteiger partial charge in [0.25, 0.3) is 5.91 Å². The Morgan fingerprint density at radius 2 is 2.04 bits per heavy atom. The van der Waals surface area contributed by atoms with E-state index in [1.165, 1.54) is 19.2 Å². The van der Waals surface area contributed by atoms with Gasteiger partial charge in [-0.15, -0.1) is 0 Å². The number of carbonyl (C=O) groups excluding carboxylic acids is 2. The normalized spacial score (nSPS) is 24.8. The third kappa shape index (κ3) is 3.42. The number of rotatable bonds is 3.